The SMILES string of the molecule is CCc1nc(C2CN3CCN2CC3)sc1CNC(C)C. The standard InChI is InChI=1S/C15H26N4S/c1-4-12-14(9-16-11(2)3)20-15(17-12)13-10-18-5-7-19(13)8-6-18/h11,13,16H,4-10H2,1-3H3. The molecule has 1 aromatic heterocycles. The minimum atomic E-state index is 0.533. The molecule has 3 saturated heterocycles. The van der Waals surface area contributed by atoms with Crippen molar-refractivity contribution in [2.75, 3.05) is 32.7 Å². The number of nitrogens with zero attached hydrogens (tertiary/aromatic N) is 3. The third-order valence-corrected chi connectivity index (χ3v) is 5.56. The van der Waals surface area contributed by atoms with Crippen LogP contribution in [0.3, 0.4) is 0 Å². The number of piperazine rings is 3. The fourth-order valence-corrected chi connectivity index (χ4v) is 4.34. The molecular formula is C15H26N4S. The van der Waals surface area contributed by atoms with E-state index in [9.17, 15) is 0 Å². The molecule has 1 aromatic rings. The molecule has 2 bridgehead atoms. The Labute approximate surface area is 126 Å². The third-order valence-electron chi connectivity index (χ3n) is 4.36. The van der Waals surface area contributed by atoms with E-state index in [0.29, 0.717) is 12.1 Å². The molecule has 1 unspecified atom stereocenters. The van der Waals surface area contributed by atoms with Crippen molar-refractivity contribution in [3.05, 3.63) is 15.6 Å². The Morgan fingerprint density at radius 2 is 2.05 bits per heavy atom. The molecule has 3 fully saturated rings. The van der Waals surface area contributed by atoms with E-state index in [4.69, 9.17) is 4.98 Å². The number of aryl methyl sites for hydroxylation is 1. The third kappa shape index (κ3) is 2.91. The summed E-state index contributed by atoms with van der Waals surface area (Å²) in [5.74, 6) is 0. The first-order valence-corrected chi connectivity index (χ1v) is 8.67. The highest BCUT2D eigenvalue weighted by atomic mass is 32.1. The van der Waals surface area contributed by atoms with Crippen molar-refractivity contribution in [2.24, 2.45) is 0 Å². The van der Waals surface area contributed by atoms with E-state index in [1.54, 1.807) is 0 Å². The highest BCUT2D eigenvalue weighted by molar-refractivity contribution is 7.11. The van der Waals surface area contributed by atoms with Crippen LogP contribution in [0, 0.1) is 0 Å². The van der Waals surface area contributed by atoms with Crippen LogP contribution in [0.2, 0.25) is 0 Å². The van der Waals surface area contributed by atoms with Gasteiger partial charge in [-0.05, 0) is 6.42 Å². The summed E-state index contributed by atoms with van der Waals surface area (Å²) in [6.45, 7) is 13.7. The first-order valence-electron chi connectivity index (χ1n) is 7.85. The van der Waals surface area contributed by atoms with Crippen molar-refractivity contribution in [3.8, 4) is 0 Å². The number of hydrogen-bond donors (Lipinski definition) is 1. The Hall–Kier alpha value is -0.490. The Morgan fingerprint density at radius 3 is 2.60 bits per heavy atom. The molecule has 0 radical (unpaired) electrons. The van der Waals surface area contributed by atoms with Gasteiger partial charge in [-0.1, -0.05) is 20.8 Å². The van der Waals surface area contributed by atoms with Gasteiger partial charge >= 0.3 is 0 Å². The lowest BCUT2D eigenvalue weighted by Gasteiger charge is -2.46. The van der Waals surface area contributed by atoms with E-state index in [1.807, 2.05) is 11.3 Å². The Balaban J connectivity index is 1.76. The molecule has 0 spiro atoms. The fourth-order valence-electron chi connectivity index (χ4n) is 3.11. The molecule has 0 amide bonds. The summed E-state index contributed by atoms with van der Waals surface area (Å²) in [5, 5.41) is 4.87. The lowest BCUT2D eigenvalue weighted by atomic mass is 10.1. The normalized spacial score (nSPS) is 29.3. The van der Waals surface area contributed by atoms with E-state index in [2.05, 4.69) is 35.9 Å². The van der Waals surface area contributed by atoms with Crippen LogP contribution in [0.15, 0.2) is 0 Å². The molecule has 1 atom stereocenters. The van der Waals surface area contributed by atoms with Gasteiger partial charge in [-0.15, -0.1) is 11.3 Å². The van der Waals surface area contributed by atoms with Crippen molar-refractivity contribution in [2.45, 2.75) is 45.8 Å². The Kier molecular flexibility index (Phi) is 4.40. The number of hydrogen-bond acceptors (Lipinski definition) is 5. The van der Waals surface area contributed by atoms with Crippen LogP contribution in [0.5, 0.6) is 0 Å². The second-order valence-corrected chi connectivity index (χ2v) is 7.28. The predicted molar refractivity (Wildman–Crippen MR) is 84.2 cm³/mol. The first kappa shape index (κ1) is 14.4. The monoisotopic (exact) mass is 294 g/mol. The zero-order valence-electron chi connectivity index (χ0n) is 12.9. The molecule has 112 valence electrons. The molecule has 20 heavy (non-hydrogen) atoms. The molecule has 1 N–H and O–H groups in total. The average Bonchev–Trinajstić information content (AvgIpc) is 2.89. The van der Waals surface area contributed by atoms with Crippen LogP contribution >= 0.6 is 11.3 Å². The lowest BCUT2D eigenvalue weighted by Crippen LogP contribution is -2.56. The molecule has 0 aliphatic carbocycles. The van der Waals surface area contributed by atoms with Gasteiger partial charge in [0.25, 0.3) is 0 Å². The zero-order valence-corrected chi connectivity index (χ0v) is 13.7. The molecule has 5 heteroatoms. The predicted octanol–water partition coefficient (Wildman–Crippen LogP) is 1.88. The maximum absolute atomic E-state index is 4.96. The highest BCUT2D eigenvalue weighted by Crippen LogP contribution is 2.33. The molecular weight excluding hydrogens is 268 g/mol. The van der Waals surface area contributed by atoms with Crippen LogP contribution in [0.4, 0.5) is 0 Å². The number of thiazole rings is 1. The van der Waals surface area contributed by atoms with Crippen LogP contribution in [-0.4, -0.2) is 53.5 Å². The molecule has 3 aliphatic rings. The summed E-state index contributed by atoms with van der Waals surface area (Å²) in [7, 11) is 0. The highest BCUT2D eigenvalue weighted by Gasteiger charge is 2.34. The van der Waals surface area contributed by atoms with Crippen molar-refractivity contribution in [1.82, 2.24) is 20.1 Å². The zero-order chi connectivity index (χ0) is 14.1. The van der Waals surface area contributed by atoms with Crippen molar-refractivity contribution in [3.63, 3.8) is 0 Å². The van der Waals surface area contributed by atoms with E-state index >= 15 is 0 Å². The van der Waals surface area contributed by atoms with E-state index in [1.165, 1.54) is 48.3 Å². The van der Waals surface area contributed by atoms with Gasteiger partial charge < -0.3 is 5.32 Å². The summed E-state index contributed by atoms with van der Waals surface area (Å²) < 4.78 is 0. The van der Waals surface area contributed by atoms with E-state index in [-0.39, 0.29) is 0 Å². The first-order chi connectivity index (χ1) is 9.67. The number of aromatic nitrogens is 1. The minimum absolute atomic E-state index is 0.533. The lowest BCUT2D eigenvalue weighted by molar-refractivity contribution is 0.0122. The van der Waals surface area contributed by atoms with Gasteiger partial charge in [-0.25, -0.2) is 4.98 Å². The van der Waals surface area contributed by atoms with Gasteiger partial charge in [0.1, 0.15) is 5.01 Å². The van der Waals surface area contributed by atoms with Gasteiger partial charge in [0.05, 0.1) is 11.7 Å². The molecule has 4 heterocycles. The summed E-state index contributed by atoms with van der Waals surface area (Å²) in [6, 6.07) is 1.08. The van der Waals surface area contributed by atoms with Crippen molar-refractivity contribution in [1.29, 1.82) is 0 Å². The van der Waals surface area contributed by atoms with E-state index in [0.717, 1.165) is 13.0 Å². The summed E-state index contributed by atoms with van der Waals surface area (Å²) in [6.07, 6.45) is 1.04. The van der Waals surface area contributed by atoms with Crippen LogP contribution in [0.1, 0.15) is 42.4 Å². The summed E-state index contributed by atoms with van der Waals surface area (Å²) in [4.78, 5) is 11.6. The molecule has 4 nitrogen and oxygen atoms in total. The van der Waals surface area contributed by atoms with Gasteiger partial charge in [0.15, 0.2) is 0 Å². The molecule has 0 saturated carbocycles. The van der Waals surface area contributed by atoms with E-state index < -0.39 is 0 Å². The maximum atomic E-state index is 4.96. The second-order valence-electron chi connectivity index (χ2n) is 6.16. The molecule has 3 aliphatic heterocycles. The van der Waals surface area contributed by atoms with Crippen LogP contribution < -0.4 is 5.32 Å². The van der Waals surface area contributed by atoms with Crippen LogP contribution in [-0.2, 0) is 13.0 Å². The Bertz CT molecular complexity index is 449. The fraction of sp³-hybridized carbons (Fsp3) is 0.800. The van der Waals surface area contributed by atoms with Crippen LogP contribution in [0.25, 0.3) is 0 Å². The smallest absolute Gasteiger partial charge is 0.112 e. The minimum Gasteiger partial charge on any atom is -0.310 e. The van der Waals surface area contributed by atoms with Crippen molar-refractivity contribution >= 4 is 11.3 Å². The largest absolute Gasteiger partial charge is 0.310 e. The topological polar surface area (TPSA) is 31.4 Å². The van der Waals surface area contributed by atoms with Gasteiger partial charge in [0.2, 0.25) is 0 Å². The number of rotatable bonds is 5. The maximum Gasteiger partial charge on any atom is 0.112 e. The van der Waals surface area contributed by atoms with Gasteiger partial charge in [-0.2, -0.15) is 0 Å². The summed E-state index contributed by atoms with van der Waals surface area (Å²) >= 11 is 1.93. The summed E-state index contributed by atoms with van der Waals surface area (Å²) in [5.41, 5.74) is 1.30. The van der Waals surface area contributed by atoms with Crippen molar-refractivity contribution < 1.29 is 0 Å². The number of nitrogens with one attached hydrogen (secondary N) is 1. The molecule has 0 aromatic carbocycles. The Morgan fingerprint density at radius 1 is 1.30 bits per heavy atom. The number of fused-ring (bicyclic) bond motifs is 3. The molecule has 4 rings (SSSR count). The van der Waals surface area contributed by atoms with Gasteiger partial charge in [-0.3, -0.25) is 9.80 Å². The van der Waals surface area contributed by atoms with Gasteiger partial charge in [0, 0.05) is 50.2 Å². The second kappa shape index (κ2) is 6.10. The quantitative estimate of drug-likeness (QED) is 0.898. The average molecular weight is 294 g/mol.